The van der Waals surface area contributed by atoms with Gasteiger partial charge in [0.2, 0.25) is 0 Å². The van der Waals surface area contributed by atoms with Crippen molar-refractivity contribution in [2.75, 3.05) is 0 Å². The van der Waals surface area contributed by atoms with Crippen molar-refractivity contribution in [2.45, 2.75) is 52.7 Å². The molecule has 3 aromatic rings. The SMILES string of the molecule is CCC1(C)C(=O)OCc2c1cc1n(c2=O)Cc2c-1nc1ccc(C)cc1c2C. The average molecular weight is 374 g/mol. The summed E-state index contributed by atoms with van der Waals surface area (Å²) in [6, 6.07) is 8.24. The van der Waals surface area contributed by atoms with Gasteiger partial charge in [0.05, 0.1) is 34.4 Å². The number of esters is 1. The van der Waals surface area contributed by atoms with Crippen LogP contribution in [-0.4, -0.2) is 15.5 Å². The van der Waals surface area contributed by atoms with Crippen molar-refractivity contribution < 1.29 is 9.53 Å². The molecule has 1 aromatic carbocycles. The number of ether oxygens (including phenoxy) is 1. The first kappa shape index (κ1) is 17.2. The van der Waals surface area contributed by atoms with Crippen LogP contribution in [0, 0.1) is 13.8 Å². The van der Waals surface area contributed by atoms with E-state index in [1.165, 1.54) is 5.56 Å². The molecule has 4 heterocycles. The van der Waals surface area contributed by atoms with Crippen LogP contribution >= 0.6 is 0 Å². The van der Waals surface area contributed by atoms with Crippen molar-refractivity contribution >= 4 is 16.9 Å². The summed E-state index contributed by atoms with van der Waals surface area (Å²) in [5.74, 6) is -0.261. The predicted molar refractivity (Wildman–Crippen MR) is 107 cm³/mol. The summed E-state index contributed by atoms with van der Waals surface area (Å²) < 4.78 is 7.14. The number of cyclic esters (lactones) is 1. The fraction of sp³-hybridized carbons (Fsp3) is 0.348. The van der Waals surface area contributed by atoms with Gasteiger partial charge in [-0.15, -0.1) is 0 Å². The van der Waals surface area contributed by atoms with E-state index < -0.39 is 5.41 Å². The molecule has 0 bridgehead atoms. The quantitative estimate of drug-likeness (QED) is 0.476. The molecule has 0 fully saturated rings. The fourth-order valence-electron chi connectivity index (χ4n) is 4.56. The summed E-state index contributed by atoms with van der Waals surface area (Å²) in [5.41, 5.74) is 6.54. The van der Waals surface area contributed by atoms with E-state index in [9.17, 15) is 9.59 Å². The van der Waals surface area contributed by atoms with Gasteiger partial charge in [-0.1, -0.05) is 18.6 Å². The van der Waals surface area contributed by atoms with Crippen LogP contribution in [0.3, 0.4) is 0 Å². The zero-order valence-corrected chi connectivity index (χ0v) is 16.5. The van der Waals surface area contributed by atoms with Crippen molar-refractivity contribution in [3.63, 3.8) is 0 Å². The number of hydrogen-bond donors (Lipinski definition) is 0. The maximum Gasteiger partial charge on any atom is 0.316 e. The van der Waals surface area contributed by atoms with Gasteiger partial charge >= 0.3 is 5.97 Å². The third-order valence-corrected chi connectivity index (χ3v) is 6.59. The van der Waals surface area contributed by atoms with Crippen molar-refractivity contribution in [1.29, 1.82) is 0 Å². The van der Waals surface area contributed by atoms with E-state index in [1.54, 1.807) is 4.57 Å². The minimum atomic E-state index is -0.798. The summed E-state index contributed by atoms with van der Waals surface area (Å²) in [4.78, 5) is 30.7. The van der Waals surface area contributed by atoms with Crippen molar-refractivity contribution in [2.24, 2.45) is 0 Å². The number of hydrogen-bond acceptors (Lipinski definition) is 4. The first-order chi connectivity index (χ1) is 13.3. The van der Waals surface area contributed by atoms with Crippen molar-refractivity contribution in [1.82, 2.24) is 9.55 Å². The zero-order valence-electron chi connectivity index (χ0n) is 16.5. The van der Waals surface area contributed by atoms with Crippen LogP contribution in [-0.2, 0) is 28.1 Å². The Bertz CT molecular complexity index is 1260. The molecular weight excluding hydrogens is 352 g/mol. The molecule has 0 radical (unpaired) electrons. The Hall–Kier alpha value is -2.95. The second-order valence-electron chi connectivity index (χ2n) is 8.16. The molecule has 0 amide bonds. The minimum absolute atomic E-state index is 0.0484. The number of benzene rings is 1. The number of carbonyl (C=O) groups excluding carboxylic acids is 1. The Morgan fingerprint density at radius 2 is 1.96 bits per heavy atom. The van der Waals surface area contributed by atoms with Gasteiger partial charge in [0.15, 0.2) is 0 Å². The van der Waals surface area contributed by atoms with Crippen LogP contribution in [0.15, 0.2) is 29.1 Å². The fourth-order valence-corrected chi connectivity index (χ4v) is 4.56. The van der Waals surface area contributed by atoms with Crippen LogP contribution in [0.4, 0.5) is 0 Å². The molecule has 1 unspecified atom stereocenters. The number of rotatable bonds is 1. The molecule has 1 atom stereocenters. The minimum Gasteiger partial charge on any atom is -0.460 e. The van der Waals surface area contributed by atoms with Gasteiger partial charge in [-0.2, -0.15) is 0 Å². The lowest BCUT2D eigenvalue weighted by Gasteiger charge is -2.33. The largest absolute Gasteiger partial charge is 0.460 e. The molecule has 5 rings (SSSR count). The number of aromatic nitrogens is 2. The molecule has 2 aromatic heterocycles. The first-order valence-electron chi connectivity index (χ1n) is 9.69. The van der Waals surface area contributed by atoms with E-state index in [4.69, 9.17) is 9.72 Å². The Morgan fingerprint density at radius 3 is 2.71 bits per heavy atom. The van der Waals surface area contributed by atoms with E-state index in [0.717, 1.165) is 39.0 Å². The van der Waals surface area contributed by atoms with E-state index in [0.29, 0.717) is 18.5 Å². The van der Waals surface area contributed by atoms with E-state index >= 15 is 0 Å². The molecule has 2 aliphatic rings. The lowest BCUT2D eigenvalue weighted by atomic mass is 9.76. The van der Waals surface area contributed by atoms with E-state index in [-0.39, 0.29) is 18.1 Å². The standard InChI is InChI=1S/C23H22N2O3/c1-5-23(4)17-9-19-20-15(10-25(19)21(26)16(17)11-28-22(23)27)13(3)14-8-12(2)6-7-18(14)24-20/h6-9H,5,10-11H2,1-4H3. The molecule has 28 heavy (non-hydrogen) atoms. The number of pyridine rings is 2. The Kier molecular flexibility index (Phi) is 3.39. The molecule has 0 saturated heterocycles. The average Bonchev–Trinajstić information content (AvgIpc) is 3.05. The number of carbonyl (C=O) groups is 1. The normalized spacial score (nSPS) is 19.9. The van der Waals surface area contributed by atoms with E-state index in [1.807, 2.05) is 26.0 Å². The topological polar surface area (TPSA) is 61.2 Å². The number of nitrogens with zero attached hydrogens (tertiary/aromatic N) is 2. The smallest absolute Gasteiger partial charge is 0.316 e. The molecule has 2 aliphatic heterocycles. The Balaban J connectivity index is 1.83. The molecule has 0 N–H and O–H groups in total. The third kappa shape index (κ3) is 2.04. The highest BCUT2D eigenvalue weighted by molar-refractivity contribution is 5.89. The number of fused-ring (bicyclic) bond motifs is 5. The molecule has 142 valence electrons. The lowest BCUT2D eigenvalue weighted by molar-refractivity contribution is -0.153. The van der Waals surface area contributed by atoms with E-state index in [2.05, 4.69) is 26.0 Å². The zero-order chi connectivity index (χ0) is 19.8. The Morgan fingerprint density at radius 1 is 1.18 bits per heavy atom. The summed E-state index contributed by atoms with van der Waals surface area (Å²) in [5, 5.41) is 1.13. The Labute approximate surface area is 163 Å². The summed E-state index contributed by atoms with van der Waals surface area (Å²) in [6.07, 6.45) is 0.581. The molecule has 5 nitrogen and oxygen atoms in total. The van der Waals surface area contributed by atoms with Crippen molar-refractivity contribution in [3.8, 4) is 11.4 Å². The second kappa shape index (κ2) is 5.53. The van der Waals surface area contributed by atoms with Crippen LogP contribution in [0.2, 0.25) is 0 Å². The van der Waals surface area contributed by atoms with Crippen LogP contribution in [0.1, 0.15) is 48.1 Å². The van der Waals surface area contributed by atoms with Gasteiger partial charge in [0.1, 0.15) is 6.61 Å². The number of aryl methyl sites for hydroxylation is 2. The van der Waals surface area contributed by atoms with Crippen LogP contribution < -0.4 is 5.56 Å². The van der Waals surface area contributed by atoms with Gasteiger partial charge < -0.3 is 9.30 Å². The highest BCUT2D eigenvalue weighted by atomic mass is 16.5. The predicted octanol–water partition coefficient (Wildman–Crippen LogP) is 3.77. The monoisotopic (exact) mass is 374 g/mol. The summed E-state index contributed by atoms with van der Waals surface area (Å²) in [6.45, 7) is 8.54. The first-order valence-corrected chi connectivity index (χ1v) is 9.69. The molecule has 0 saturated carbocycles. The van der Waals surface area contributed by atoms with Gasteiger partial charge in [-0.05, 0) is 56.5 Å². The van der Waals surface area contributed by atoms with Gasteiger partial charge in [-0.25, -0.2) is 4.98 Å². The van der Waals surface area contributed by atoms with Crippen molar-refractivity contribution in [3.05, 3.63) is 62.4 Å². The third-order valence-electron chi connectivity index (χ3n) is 6.59. The molecule has 0 aliphatic carbocycles. The molecule has 5 heteroatoms. The maximum atomic E-state index is 13.3. The second-order valence-corrected chi connectivity index (χ2v) is 8.16. The van der Waals surface area contributed by atoms with Gasteiger partial charge in [-0.3, -0.25) is 9.59 Å². The highest BCUT2D eigenvalue weighted by Gasteiger charge is 2.43. The summed E-state index contributed by atoms with van der Waals surface area (Å²) in [7, 11) is 0. The lowest BCUT2D eigenvalue weighted by Crippen LogP contribution is -2.42. The van der Waals surface area contributed by atoms with Gasteiger partial charge in [0, 0.05) is 10.9 Å². The molecular formula is C23H22N2O3. The molecule has 0 spiro atoms. The maximum absolute atomic E-state index is 13.3. The van der Waals surface area contributed by atoms with Gasteiger partial charge in [0.25, 0.3) is 5.56 Å². The van der Waals surface area contributed by atoms with Crippen LogP contribution in [0.25, 0.3) is 22.3 Å². The highest BCUT2D eigenvalue weighted by Crippen LogP contribution is 2.40. The van der Waals surface area contributed by atoms with Crippen LogP contribution in [0.5, 0.6) is 0 Å². The summed E-state index contributed by atoms with van der Waals surface area (Å²) >= 11 is 0.